The number of benzene rings is 3. The van der Waals surface area contributed by atoms with Crippen LogP contribution < -0.4 is 30.8 Å². The molecule has 3 aromatic carbocycles. The summed E-state index contributed by atoms with van der Waals surface area (Å²) in [5, 5.41) is 3.05. The Morgan fingerprint density at radius 1 is 0.894 bits per heavy atom. The molecule has 1 amide bonds. The lowest BCUT2D eigenvalue weighted by atomic mass is 10.1. The van der Waals surface area contributed by atoms with Gasteiger partial charge >= 0.3 is 5.69 Å². The van der Waals surface area contributed by atoms with Gasteiger partial charge in [0.1, 0.15) is 17.1 Å². The second kappa shape index (κ2) is 15.2. The van der Waals surface area contributed by atoms with Crippen LogP contribution in [0.15, 0.2) is 82.6 Å². The van der Waals surface area contributed by atoms with Crippen LogP contribution in [0.2, 0.25) is 0 Å². The van der Waals surface area contributed by atoms with Crippen LogP contribution in [0, 0.1) is 11.6 Å². The molecule has 0 atom stereocenters. The minimum Gasteiger partial charge on any atom is -0.493 e. The first kappa shape index (κ1) is 34.4. The number of methoxy groups -OCH3 is 2. The molecule has 0 aliphatic rings. The van der Waals surface area contributed by atoms with Gasteiger partial charge in [0.2, 0.25) is 0 Å². The third-order valence-corrected chi connectivity index (χ3v) is 7.12. The first-order valence-electron chi connectivity index (χ1n) is 15.0. The molecule has 0 bridgehead atoms. The number of nitrogens with one attached hydrogen (secondary N) is 1. The molecule has 0 aliphatic heterocycles. The van der Waals surface area contributed by atoms with E-state index in [0.29, 0.717) is 28.2 Å². The zero-order valence-electron chi connectivity index (χ0n) is 27.0. The highest BCUT2D eigenvalue weighted by Gasteiger charge is 2.21. The first-order valence-corrected chi connectivity index (χ1v) is 15.0. The van der Waals surface area contributed by atoms with Crippen molar-refractivity contribution in [1.82, 2.24) is 14.1 Å². The predicted molar refractivity (Wildman–Crippen MR) is 179 cm³/mol. The SMILES string of the molecule is CCCC.COc1cc2nccc(Oc3ccc(NC(=O)c4cn(C(C)C)c(=O)n(-c5ccc(F)cc5)c4=O)cc3F)c2cc1OC.[HH]. The normalized spacial score (nSPS) is 10.7. The third kappa shape index (κ3) is 7.66. The second-order valence-corrected chi connectivity index (χ2v) is 10.7. The van der Waals surface area contributed by atoms with Crippen LogP contribution in [0.4, 0.5) is 14.5 Å². The third-order valence-electron chi connectivity index (χ3n) is 7.12. The molecule has 0 unspecified atom stereocenters. The number of pyridine rings is 1. The quantitative estimate of drug-likeness (QED) is 0.176. The number of unbranched alkanes of at least 4 members (excludes halogenated alkanes) is 1. The van der Waals surface area contributed by atoms with E-state index in [4.69, 9.17) is 14.2 Å². The summed E-state index contributed by atoms with van der Waals surface area (Å²) in [6.45, 7) is 7.77. The topological polar surface area (TPSA) is 114 Å². The average molecular weight is 649 g/mol. The maximum Gasteiger partial charge on any atom is 0.335 e. The van der Waals surface area contributed by atoms with E-state index < -0.39 is 34.8 Å². The van der Waals surface area contributed by atoms with Crippen molar-refractivity contribution in [1.29, 1.82) is 0 Å². The van der Waals surface area contributed by atoms with E-state index in [2.05, 4.69) is 24.1 Å². The van der Waals surface area contributed by atoms with Gasteiger partial charge in [-0.05, 0) is 62.4 Å². The number of carbonyl (C=O) groups is 1. The summed E-state index contributed by atoms with van der Waals surface area (Å²) in [7, 11) is 2.99. The fraction of sp³-hybridized carbons (Fsp3) is 0.257. The van der Waals surface area contributed by atoms with E-state index in [1.165, 1.54) is 62.1 Å². The number of hydrogen-bond acceptors (Lipinski definition) is 7. The number of aromatic nitrogens is 3. The first-order chi connectivity index (χ1) is 22.5. The van der Waals surface area contributed by atoms with Crippen LogP contribution in [0.3, 0.4) is 0 Å². The molecular formula is C35H38F2N4O6. The van der Waals surface area contributed by atoms with Gasteiger partial charge in [-0.25, -0.2) is 18.1 Å². The number of ether oxygens (including phenoxy) is 3. The minimum atomic E-state index is -0.914. The van der Waals surface area contributed by atoms with Crippen LogP contribution in [0.25, 0.3) is 16.6 Å². The van der Waals surface area contributed by atoms with Crippen molar-refractivity contribution in [3.8, 4) is 28.7 Å². The summed E-state index contributed by atoms with van der Waals surface area (Å²) in [5.41, 5.74) is -1.32. The summed E-state index contributed by atoms with van der Waals surface area (Å²) >= 11 is 0. The maximum absolute atomic E-state index is 15.2. The molecule has 5 rings (SSSR count). The lowest BCUT2D eigenvalue weighted by molar-refractivity contribution is 0.102. The highest BCUT2D eigenvalue weighted by molar-refractivity contribution is 6.04. The van der Waals surface area contributed by atoms with Crippen LogP contribution in [-0.2, 0) is 0 Å². The fourth-order valence-electron chi connectivity index (χ4n) is 4.43. The molecular weight excluding hydrogens is 610 g/mol. The summed E-state index contributed by atoms with van der Waals surface area (Å²) in [5.74, 6) is -1.14. The van der Waals surface area contributed by atoms with E-state index in [-0.39, 0.29) is 24.1 Å². The van der Waals surface area contributed by atoms with Gasteiger partial charge < -0.3 is 19.5 Å². The van der Waals surface area contributed by atoms with E-state index >= 15 is 4.39 Å². The number of anilines is 1. The molecule has 0 saturated heterocycles. The van der Waals surface area contributed by atoms with E-state index in [1.54, 1.807) is 32.0 Å². The molecule has 0 radical (unpaired) electrons. The maximum atomic E-state index is 15.2. The smallest absolute Gasteiger partial charge is 0.335 e. The number of fused-ring (bicyclic) bond motifs is 1. The molecule has 0 spiro atoms. The molecule has 5 aromatic rings. The molecule has 47 heavy (non-hydrogen) atoms. The van der Waals surface area contributed by atoms with Crippen molar-refractivity contribution in [2.24, 2.45) is 0 Å². The van der Waals surface area contributed by atoms with Gasteiger partial charge in [-0.2, -0.15) is 0 Å². The molecule has 2 heterocycles. The van der Waals surface area contributed by atoms with Gasteiger partial charge in [-0.15, -0.1) is 0 Å². The van der Waals surface area contributed by atoms with Crippen molar-refractivity contribution in [3.05, 3.63) is 111 Å². The molecule has 1 N–H and O–H groups in total. The van der Waals surface area contributed by atoms with Crippen molar-refractivity contribution < 1.29 is 29.2 Å². The number of rotatable bonds is 9. The Morgan fingerprint density at radius 2 is 1.55 bits per heavy atom. The van der Waals surface area contributed by atoms with Crippen molar-refractivity contribution in [2.75, 3.05) is 19.5 Å². The fourth-order valence-corrected chi connectivity index (χ4v) is 4.43. The van der Waals surface area contributed by atoms with Crippen molar-refractivity contribution >= 4 is 22.5 Å². The Morgan fingerprint density at radius 3 is 2.15 bits per heavy atom. The highest BCUT2D eigenvalue weighted by atomic mass is 19.1. The predicted octanol–water partition coefficient (Wildman–Crippen LogP) is 7.52. The minimum absolute atomic E-state index is 0. The Labute approximate surface area is 271 Å². The molecule has 0 fully saturated rings. The Bertz CT molecular complexity index is 2010. The van der Waals surface area contributed by atoms with Crippen molar-refractivity contribution in [2.45, 2.75) is 46.6 Å². The molecule has 2 aromatic heterocycles. The summed E-state index contributed by atoms with van der Waals surface area (Å²) in [6, 6.07) is 13.0. The van der Waals surface area contributed by atoms with Gasteiger partial charge in [0.25, 0.3) is 11.5 Å². The average Bonchev–Trinajstić information content (AvgIpc) is 3.06. The molecule has 10 nitrogen and oxygen atoms in total. The lowest BCUT2D eigenvalue weighted by Gasteiger charge is -2.16. The van der Waals surface area contributed by atoms with Gasteiger partial charge in [-0.3, -0.25) is 19.1 Å². The standard InChI is InChI=1S/C31H26F2N4O6.C4H10.H2/c1-17(2)36-16-22(30(39)37(31(36)40)20-8-5-18(32)6-9-20)29(38)35-19-7-10-26(23(33)13-19)43-25-11-12-34-24-15-28(42-4)27(41-3)14-21(24)25;1-3-4-2;/h5-17H,1-4H3,(H,35,38);3-4H2,1-2H3;1H. The van der Waals surface area contributed by atoms with Crippen LogP contribution >= 0.6 is 0 Å². The van der Waals surface area contributed by atoms with E-state index in [9.17, 15) is 18.8 Å². The Kier molecular flexibility index (Phi) is 11.1. The van der Waals surface area contributed by atoms with Gasteiger partial charge in [0, 0.05) is 43.1 Å². The van der Waals surface area contributed by atoms with Gasteiger partial charge in [0.05, 0.1) is 25.4 Å². The Balaban J connectivity index is 0.00000118. The molecule has 12 heteroatoms. The number of hydrogen-bond donors (Lipinski definition) is 1. The van der Waals surface area contributed by atoms with E-state index in [1.807, 2.05) is 0 Å². The highest BCUT2D eigenvalue weighted by Crippen LogP contribution is 2.37. The molecule has 248 valence electrons. The summed E-state index contributed by atoms with van der Waals surface area (Å²) in [6.07, 6.45) is 5.29. The Hall–Kier alpha value is -5.52. The lowest BCUT2D eigenvalue weighted by Crippen LogP contribution is -2.42. The monoisotopic (exact) mass is 648 g/mol. The van der Waals surface area contributed by atoms with Crippen LogP contribution in [0.5, 0.6) is 23.0 Å². The summed E-state index contributed by atoms with van der Waals surface area (Å²) in [4.78, 5) is 43.9. The number of nitrogens with zero attached hydrogens (tertiary/aromatic N) is 3. The zero-order valence-corrected chi connectivity index (χ0v) is 27.0. The van der Waals surface area contributed by atoms with Crippen LogP contribution in [0.1, 0.15) is 58.4 Å². The van der Waals surface area contributed by atoms with Gasteiger partial charge in [0.15, 0.2) is 23.1 Å². The molecule has 0 saturated carbocycles. The van der Waals surface area contributed by atoms with Gasteiger partial charge in [-0.1, -0.05) is 26.7 Å². The number of carbonyl (C=O) groups excluding carboxylic acids is 1. The summed E-state index contributed by atoms with van der Waals surface area (Å²) < 4.78 is 47.2. The second-order valence-electron chi connectivity index (χ2n) is 10.7. The number of amides is 1. The molecule has 0 aliphatic carbocycles. The van der Waals surface area contributed by atoms with E-state index in [0.717, 1.165) is 29.0 Å². The largest absolute Gasteiger partial charge is 0.493 e. The zero-order chi connectivity index (χ0) is 34.2. The van der Waals surface area contributed by atoms with Crippen LogP contribution in [-0.4, -0.2) is 34.2 Å². The number of halogens is 2. The van der Waals surface area contributed by atoms with Crippen molar-refractivity contribution in [3.63, 3.8) is 0 Å².